The Hall–Kier alpha value is -1.63. The molecule has 1 amide bonds. The van der Waals surface area contributed by atoms with E-state index in [-0.39, 0.29) is 6.09 Å². The van der Waals surface area contributed by atoms with E-state index in [0.717, 1.165) is 0 Å². The predicted molar refractivity (Wildman–Crippen MR) is 74.9 cm³/mol. The number of amides is 1. The standard InChI is InChI=1S/C14H23N3O4/c1-14(2,3)20-13(18)17-8-10(9-17)7-12-15-11(16-21-12)5-6-19-4/h10H,5-9H2,1-4H3. The second-order valence-corrected chi connectivity index (χ2v) is 6.30. The molecule has 0 unspecified atom stereocenters. The van der Waals surface area contributed by atoms with Gasteiger partial charge in [0.15, 0.2) is 5.82 Å². The number of carbonyl (C=O) groups excluding carboxylic acids is 1. The second kappa shape index (κ2) is 6.43. The van der Waals surface area contributed by atoms with E-state index < -0.39 is 5.60 Å². The zero-order chi connectivity index (χ0) is 15.5. The Labute approximate surface area is 124 Å². The van der Waals surface area contributed by atoms with Crippen LogP contribution in [0.3, 0.4) is 0 Å². The number of carbonyl (C=O) groups is 1. The van der Waals surface area contributed by atoms with Crippen LogP contribution in [-0.4, -0.2) is 53.5 Å². The lowest BCUT2D eigenvalue weighted by atomic mass is 9.97. The van der Waals surface area contributed by atoms with E-state index in [1.165, 1.54) is 0 Å². The summed E-state index contributed by atoms with van der Waals surface area (Å²) in [7, 11) is 1.64. The van der Waals surface area contributed by atoms with Crippen molar-refractivity contribution in [2.24, 2.45) is 5.92 Å². The average molecular weight is 297 g/mol. The van der Waals surface area contributed by atoms with Crippen LogP contribution in [0.5, 0.6) is 0 Å². The summed E-state index contributed by atoms with van der Waals surface area (Å²) in [4.78, 5) is 17.8. The fraction of sp³-hybridized carbons (Fsp3) is 0.786. The first-order valence-electron chi connectivity index (χ1n) is 7.15. The quantitative estimate of drug-likeness (QED) is 0.822. The monoisotopic (exact) mass is 297 g/mol. The summed E-state index contributed by atoms with van der Waals surface area (Å²) >= 11 is 0. The third-order valence-corrected chi connectivity index (χ3v) is 3.11. The molecule has 1 aromatic heterocycles. The molecule has 1 aromatic rings. The summed E-state index contributed by atoms with van der Waals surface area (Å²) in [5.41, 5.74) is -0.453. The largest absolute Gasteiger partial charge is 0.444 e. The molecule has 7 nitrogen and oxygen atoms in total. The lowest BCUT2D eigenvalue weighted by molar-refractivity contribution is -0.00186. The Balaban J connectivity index is 1.73. The highest BCUT2D eigenvalue weighted by Gasteiger charge is 2.34. The highest BCUT2D eigenvalue weighted by Crippen LogP contribution is 2.22. The second-order valence-electron chi connectivity index (χ2n) is 6.30. The maximum atomic E-state index is 11.8. The van der Waals surface area contributed by atoms with Crippen molar-refractivity contribution in [3.05, 3.63) is 11.7 Å². The van der Waals surface area contributed by atoms with Crippen molar-refractivity contribution >= 4 is 6.09 Å². The lowest BCUT2D eigenvalue weighted by Crippen LogP contribution is -2.52. The molecule has 0 saturated carbocycles. The smallest absolute Gasteiger partial charge is 0.410 e. The summed E-state index contributed by atoms with van der Waals surface area (Å²) in [5, 5.41) is 3.90. The van der Waals surface area contributed by atoms with Gasteiger partial charge >= 0.3 is 6.09 Å². The van der Waals surface area contributed by atoms with E-state index in [9.17, 15) is 4.79 Å². The van der Waals surface area contributed by atoms with Gasteiger partial charge in [-0.25, -0.2) is 4.79 Å². The molecule has 1 aliphatic heterocycles. The zero-order valence-electron chi connectivity index (χ0n) is 13.1. The number of hydrogen-bond donors (Lipinski definition) is 0. The van der Waals surface area contributed by atoms with E-state index in [0.29, 0.717) is 50.2 Å². The Kier molecular flexibility index (Phi) is 4.82. The first-order chi connectivity index (χ1) is 9.87. The lowest BCUT2D eigenvalue weighted by Gasteiger charge is -2.39. The molecular weight excluding hydrogens is 274 g/mol. The Morgan fingerprint density at radius 1 is 1.43 bits per heavy atom. The van der Waals surface area contributed by atoms with Gasteiger partial charge in [-0.05, 0) is 20.8 Å². The molecule has 0 bridgehead atoms. The van der Waals surface area contributed by atoms with Gasteiger partial charge in [-0.2, -0.15) is 4.98 Å². The van der Waals surface area contributed by atoms with Crippen molar-refractivity contribution in [2.75, 3.05) is 26.8 Å². The zero-order valence-corrected chi connectivity index (χ0v) is 13.1. The Morgan fingerprint density at radius 2 is 2.14 bits per heavy atom. The van der Waals surface area contributed by atoms with Crippen LogP contribution >= 0.6 is 0 Å². The highest BCUT2D eigenvalue weighted by molar-refractivity contribution is 5.69. The van der Waals surface area contributed by atoms with Crippen molar-refractivity contribution in [2.45, 2.75) is 39.2 Å². The van der Waals surface area contributed by atoms with Crippen LogP contribution in [0.2, 0.25) is 0 Å². The molecule has 1 fully saturated rings. The van der Waals surface area contributed by atoms with E-state index in [1.807, 2.05) is 20.8 Å². The molecular formula is C14H23N3O4. The van der Waals surface area contributed by atoms with Crippen molar-refractivity contribution in [3.8, 4) is 0 Å². The molecule has 1 saturated heterocycles. The average Bonchev–Trinajstić information content (AvgIpc) is 2.76. The summed E-state index contributed by atoms with van der Waals surface area (Å²) < 4.78 is 15.5. The van der Waals surface area contributed by atoms with Crippen LogP contribution in [0, 0.1) is 5.92 Å². The Morgan fingerprint density at radius 3 is 2.76 bits per heavy atom. The molecule has 7 heteroatoms. The van der Waals surface area contributed by atoms with Crippen LogP contribution in [0.25, 0.3) is 0 Å². The van der Waals surface area contributed by atoms with Crippen LogP contribution < -0.4 is 0 Å². The maximum Gasteiger partial charge on any atom is 0.410 e. The first-order valence-corrected chi connectivity index (χ1v) is 7.15. The minimum absolute atomic E-state index is 0.259. The fourth-order valence-electron chi connectivity index (χ4n) is 2.09. The third-order valence-electron chi connectivity index (χ3n) is 3.11. The first kappa shape index (κ1) is 15.8. The number of nitrogens with zero attached hydrogens (tertiary/aromatic N) is 3. The van der Waals surface area contributed by atoms with Gasteiger partial charge in [-0.15, -0.1) is 0 Å². The van der Waals surface area contributed by atoms with Gasteiger partial charge in [0.25, 0.3) is 0 Å². The number of methoxy groups -OCH3 is 1. The number of likely N-dealkylation sites (tertiary alicyclic amines) is 1. The summed E-state index contributed by atoms with van der Waals surface area (Å²) in [6.07, 6.45) is 1.08. The van der Waals surface area contributed by atoms with E-state index in [4.69, 9.17) is 14.0 Å². The minimum Gasteiger partial charge on any atom is -0.444 e. The van der Waals surface area contributed by atoms with Crippen molar-refractivity contribution < 1.29 is 18.8 Å². The van der Waals surface area contributed by atoms with Gasteiger partial charge in [0.05, 0.1) is 6.61 Å². The molecule has 0 aliphatic carbocycles. The van der Waals surface area contributed by atoms with Gasteiger partial charge in [-0.3, -0.25) is 0 Å². The van der Waals surface area contributed by atoms with Gasteiger partial charge in [-0.1, -0.05) is 5.16 Å². The van der Waals surface area contributed by atoms with E-state index in [1.54, 1.807) is 12.0 Å². The predicted octanol–water partition coefficient (Wildman–Crippen LogP) is 1.67. The highest BCUT2D eigenvalue weighted by atomic mass is 16.6. The molecule has 2 rings (SSSR count). The fourth-order valence-corrected chi connectivity index (χ4v) is 2.09. The van der Waals surface area contributed by atoms with Crippen LogP contribution in [0.1, 0.15) is 32.5 Å². The number of aromatic nitrogens is 2. The molecule has 118 valence electrons. The van der Waals surface area contributed by atoms with Crippen LogP contribution in [-0.2, 0) is 22.3 Å². The van der Waals surface area contributed by atoms with Crippen molar-refractivity contribution in [3.63, 3.8) is 0 Å². The molecule has 21 heavy (non-hydrogen) atoms. The molecule has 2 heterocycles. The summed E-state index contributed by atoms with van der Waals surface area (Å²) in [6, 6.07) is 0. The third kappa shape index (κ3) is 4.70. The van der Waals surface area contributed by atoms with E-state index >= 15 is 0 Å². The minimum atomic E-state index is -0.453. The number of hydrogen-bond acceptors (Lipinski definition) is 6. The number of ether oxygens (including phenoxy) is 2. The molecule has 0 radical (unpaired) electrons. The molecule has 0 spiro atoms. The normalized spacial score (nSPS) is 15.9. The SMILES string of the molecule is COCCc1noc(CC2CN(C(=O)OC(C)(C)C)C2)n1. The van der Waals surface area contributed by atoms with Gasteiger partial charge in [0, 0.05) is 39.0 Å². The van der Waals surface area contributed by atoms with Gasteiger partial charge < -0.3 is 18.9 Å². The molecule has 1 aliphatic rings. The van der Waals surface area contributed by atoms with Crippen LogP contribution in [0.4, 0.5) is 4.79 Å². The van der Waals surface area contributed by atoms with Gasteiger partial charge in [0.2, 0.25) is 5.89 Å². The van der Waals surface area contributed by atoms with Gasteiger partial charge in [0.1, 0.15) is 5.60 Å². The Bertz CT molecular complexity index is 475. The van der Waals surface area contributed by atoms with Crippen molar-refractivity contribution in [1.29, 1.82) is 0 Å². The van der Waals surface area contributed by atoms with E-state index in [2.05, 4.69) is 10.1 Å². The van der Waals surface area contributed by atoms with Crippen molar-refractivity contribution in [1.82, 2.24) is 15.0 Å². The van der Waals surface area contributed by atoms with Crippen LogP contribution in [0.15, 0.2) is 4.52 Å². The summed E-state index contributed by atoms with van der Waals surface area (Å²) in [5.74, 6) is 1.64. The molecule has 0 aromatic carbocycles. The number of rotatable bonds is 5. The molecule has 0 N–H and O–H groups in total. The topological polar surface area (TPSA) is 77.7 Å². The maximum absolute atomic E-state index is 11.8. The molecule has 0 atom stereocenters. The summed E-state index contributed by atoms with van der Waals surface area (Å²) in [6.45, 7) is 7.51.